The van der Waals surface area contributed by atoms with Crippen molar-refractivity contribution in [3.63, 3.8) is 0 Å². The first-order chi connectivity index (χ1) is 14.7. The number of halogens is 1. The van der Waals surface area contributed by atoms with Crippen LogP contribution in [0.3, 0.4) is 0 Å². The monoisotopic (exact) mass is 554 g/mol. The third-order valence-electron chi connectivity index (χ3n) is 4.79. The van der Waals surface area contributed by atoms with Gasteiger partial charge in [-0.2, -0.15) is 16.9 Å². The molecule has 1 aromatic carbocycles. The molecule has 2 N–H and O–H groups in total. The summed E-state index contributed by atoms with van der Waals surface area (Å²) in [5.74, 6) is 3.68. The number of hydrogen-bond acceptors (Lipinski definition) is 5. The molecule has 10 heteroatoms. The molecule has 0 bridgehead atoms. The van der Waals surface area contributed by atoms with Crippen molar-refractivity contribution in [3.8, 4) is 5.69 Å². The molecule has 0 saturated heterocycles. The standard InChI is InChI=1S/C21H30N8S.HI/c1-17-26-27-20(28(17)2)16-24-21(22-11-5-15-30-3)23-13-10-18-6-8-19(9-7-18)29-14-4-12-25-29;/h4,6-9,12,14H,5,10-11,13,15-16H2,1-3H3,(H2,22,23,24);1H. The van der Waals surface area contributed by atoms with Crippen LogP contribution in [-0.2, 0) is 20.0 Å². The van der Waals surface area contributed by atoms with Gasteiger partial charge in [-0.3, -0.25) is 0 Å². The van der Waals surface area contributed by atoms with Crippen molar-refractivity contribution in [3.05, 3.63) is 59.9 Å². The third kappa shape index (κ3) is 7.84. The quantitative estimate of drug-likeness (QED) is 0.174. The van der Waals surface area contributed by atoms with E-state index >= 15 is 0 Å². The van der Waals surface area contributed by atoms with Gasteiger partial charge in [0.1, 0.15) is 12.4 Å². The number of rotatable bonds is 10. The lowest BCUT2D eigenvalue weighted by molar-refractivity contribution is 0.742. The van der Waals surface area contributed by atoms with Gasteiger partial charge in [-0.25, -0.2) is 9.67 Å². The van der Waals surface area contributed by atoms with E-state index in [1.54, 1.807) is 6.20 Å². The van der Waals surface area contributed by atoms with Crippen molar-refractivity contribution in [1.82, 2.24) is 35.2 Å². The summed E-state index contributed by atoms with van der Waals surface area (Å²) in [6, 6.07) is 10.4. The van der Waals surface area contributed by atoms with Gasteiger partial charge in [0.15, 0.2) is 11.8 Å². The molecule has 0 saturated carbocycles. The molecule has 0 atom stereocenters. The molecule has 3 rings (SSSR count). The van der Waals surface area contributed by atoms with Crippen molar-refractivity contribution in [2.24, 2.45) is 12.0 Å². The van der Waals surface area contributed by atoms with Crippen LogP contribution in [0.1, 0.15) is 23.6 Å². The van der Waals surface area contributed by atoms with E-state index in [4.69, 9.17) is 4.99 Å². The van der Waals surface area contributed by atoms with E-state index < -0.39 is 0 Å². The van der Waals surface area contributed by atoms with Crippen molar-refractivity contribution in [1.29, 1.82) is 0 Å². The summed E-state index contributed by atoms with van der Waals surface area (Å²) in [4.78, 5) is 4.70. The SMILES string of the molecule is CSCCCNC(=NCc1nnc(C)n1C)NCCc1ccc(-n2cccn2)cc1.I. The van der Waals surface area contributed by atoms with Crippen molar-refractivity contribution in [2.75, 3.05) is 25.1 Å². The zero-order valence-electron chi connectivity index (χ0n) is 18.3. The Kier molecular flexibility index (Phi) is 10.9. The second-order valence-corrected chi connectivity index (χ2v) is 7.94. The van der Waals surface area contributed by atoms with Crippen molar-refractivity contribution < 1.29 is 0 Å². The molecular formula is C21H31IN8S. The average Bonchev–Trinajstić information content (AvgIpc) is 3.41. The van der Waals surface area contributed by atoms with E-state index in [9.17, 15) is 0 Å². The predicted octanol–water partition coefficient (Wildman–Crippen LogP) is 2.96. The number of aromatic nitrogens is 5. The van der Waals surface area contributed by atoms with Crippen LogP contribution in [0.5, 0.6) is 0 Å². The summed E-state index contributed by atoms with van der Waals surface area (Å²) in [6.45, 7) is 4.13. The maximum atomic E-state index is 4.70. The topological polar surface area (TPSA) is 85.0 Å². The highest BCUT2D eigenvalue weighted by Gasteiger charge is 2.05. The number of hydrogen-bond donors (Lipinski definition) is 2. The van der Waals surface area contributed by atoms with Crippen molar-refractivity contribution >= 4 is 41.7 Å². The lowest BCUT2D eigenvalue weighted by atomic mass is 10.1. The minimum Gasteiger partial charge on any atom is -0.356 e. The largest absolute Gasteiger partial charge is 0.356 e. The molecule has 0 aliphatic carbocycles. The first kappa shape index (κ1) is 25.2. The molecule has 0 unspecified atom stereocenters. The Morgan fingerprint density at radius 2 is 1.90 bits per heavy atom. The molecular weight excluding hydrogens is 523 g/mol. The number of nitrogens with zero attached hydrogens (tertiary/aromatic N) is 6. The van der Waals surface area contributed by atoms with Gasteiger partial charge in [-0.15, -0.1) is 34.2 Å². The summed E-state index contributed by atoms with van der Waals surface area (Å²) >= 11 is 1.86. The lowest BCUT2D eigenvalue weighted by Crippen LogP contribution is -2.39. The number of nitrogens with one attached hydrogen (secondary N) is 2. The Morgan fingerprint density at radius 3 is 2.55 bits per heavy atom. The zero-order valence-corrected chi connectivity index (χ0v) is 21.4. The average molecular weight is 555 g/mol. The van der Waals surface area contributed by atoms with Gasteiger partial charge in [0.25, 0.3) is 0 Å². The van der Waals surface area contributed by atoms with Crippen molar-refractivity contribution in [2.45, 2.75) is 26.3 Å². The molecule has 2 aromatic heterocycles. The second-order valence-electron chi connectivity index (χ2n) is 6.95. The Labute approximate surface area is 205 Å². The maximum absolute atomic E-state index is 4.70. The first-order valence-electron chi connectivity index (χ1n) is 10.1. The Bertz CT molecular complexity index is 922. The van der Waals surface area contributed by atoms with Gasteiger partial charge in [0.2, 0.25) is 0 Å². The van der Waals surface area contributed by atoms with Gasteiger partial charge < -0.3 is 15.2 Å². The molecule has 0 aliphatic heterocycles. The molecule has 168 valence electrons. The predicted molar refractivity (Wildman–Crippen MR) is 139 cm³/mol. The lowest BCUT2D eigenvalue weighted by Gasteiger charge is -2.13. The summed E-state index contributed by atoms with van der Waals surface area (Å²) in [6.07, 6.45) is 7.86. The third-order valence-corrected chi connectivity index (χ3v) is 5.49. The molecule has 31 heavy (non-hydrogen) atoms. The zero-order chi connectivity index (χ0) is 21.2. The fourth-order valence-corrected chi connectivity index (χ4v) is 3.33. The minimum absolute atomic E-state index is 0. The molecule has 0 aliphatic rings. The van der Waals surface area contributed by atoms with Gasteiger partial charge in [0.05, 0.1) is 5.69 Å². The molecule has 0 fully saturated rings. The number of aryl methyl sites for hydroxylation is 1. The highest BCUT2D eigenvalue weighted by Crippen LogP contribution is 2.09. The van der Waals surface area contributed by atoms with Gasteiger partial charge in [-0.05, 0) is 55.5 Å². The van der Waals surface area contributed by atoms with Gasteiger partial charge in [0, 0.05) is 32.5 Å². The van der Waals surface area contributed by atoms with Gasteiger partial charge in [-0.1, -0.05) is 12.1 Å². The summed E-state index contributed by atoms with van der Waals surface area (Å²) in [7, 11) is 1.96. The molecule has 0 spiro atoms. The maximum Gasteiger partial charge on any atom is 0.191 e. The van der Waals surface area contributed by atoms with E-state index in [0.717, 1.165) is 55.0 Å². The molecule has 2 heterocycles. The van der Waals surface area contributed by atoms with E-state index in [1.165, 1.54) is 5.56 Å². The molecule has 8 nitrogen and oxygen atoms in total. The smallest absolute Gasteiger partial charge is 0.191 e. The summed E-state index contributed by atoms with van der Waals surface area (Å²) < 4.78 is 3.83. The normalized spacial score (nSPS) is 11.3. The molecule has 0 amide bonds. The highest BCUT2D eigenvalue weighted by molar-refractivity contribution is 14.0. The van der Waals surface area contributed by atoms with E-state index in [0.29, 0.717) is 6.54 Å². The fourth-order valence-electron chi connectivity index (χ4n) is 2.90. The summed E-state index contributed by atoms with van der Waals surface area (Å²) in [5, 5.41) is 19.4. The van der Waals surface area contributed by atoms with Crippen LogP contribution in [0.25, 0.3) is 5.69 Å². The van der Waals surface area contributed by atoms with Crippen LogP contribution in [0.2, 0.25) is 0 Å². The van der Waals surface area contributed by atoms with Crippen LogP contribution in [0.4, 0.5) is 0 Å². The first-order valence-corrected chi connectivity index (χ1v) is 11.5. The van der Waals surface area contributed by atoms with Crippen LogP contribution in [0, 0.1) is 6.92 Å². The van der Waals surface area contributed by atoms with Crippen LogP contribution < -0.4 is 10.6 Å². The number of thioether (sulfide) groups is 1. The number of guanidine groups is 1. The molecule has 3 aromatic rings. The van der Waals surface area contributed by atoms with E-state index in [1.807, 2.05) is 47.2 Å². The number of aliphatic imine (C=N–C) groups is 1. The minimum atomic E-state index is 0. The second kappa shape index (κ2) is 13.4. The Balaban J connectivity index is 0.00000341. The van der Waals surface area contributed by atoms with Gasteiger partial charge >= 0.3 is 0 Å². The van der Waals surface area contributed by atoms with Crippen LogP contribution >= 0.6 is 35.7 Å². The molecule has 0 radical (unpaired) electrons. The van der Waals surface area contributed by atoms with E-state index in [-0.39, 0.29) is 24.0 Å². The highest BCUT2D eigenvalue weighted by atomic mass is 127. The van der Waals surface area contributed by atoms with E-state index in [2.05, 4.69) is 56.5 Å². The Morgan fingerprint density at radius 1 is 1.13 bits per heavy atom. The van der Waals surface area contributed by atoms with Crippen LogP contribution in [-0.4, -0.2) is 55.6 Å². The van der Waals surface area contributed by atoms with Crippen LogP contribution in [0.15, 0.2) is 47.7 Å². The summed E-state index contributed by atoms with van der Waals surface area (Å²) in [5.41, 5.74) is 2.33. The Hall–Kier alpha value is -2.08. The fraction of sp³-hybridized carbons (Fsp3) is 0.429. The number of benzene rings is 1.